The summed E-state index contributed by atoms with van der Waals surface area (Å²) in [7, 11) is 0. The van der Waals surface area contributed by atoms with Crippen LogP contribution in [0.4, 0.5) is 0 Å². The Morgan fingerprint density at radius 1 is 0.833 bits per heavy atom. The van der Waals surface area contributed by atoms with Gasteiger partial charge < -0.3 is 10.2 Å². The van der Waals surface area contributed by atoms with Crippen molar-refractivity contribution in [1.29, 1.82) is 0 Å². The van der Waals surface area contributed by atoms with Crippen LogP contribution < -0.4 is 0 Å². The summed E-state index contributed by atoms with van der Waals surface area (Å²) in [6.07, 6.45) is 0. The third-order valence-electron chi connectivity index (χ3n) is 0.932. The molecule has 0 aromatic carbocycles. The predicted octanol–water partition coefficient (Wildman–Crippen LogP) is 1.50. The highest BCUT2D eigenvalue weighted by molar-refractivity contribution is 6.73. The highest BCUT2D eigenvalue weighted by Gasteiger charge is 2.59. The monoisotopic (exact) mass is 254 g/mol. The number of carbonyl (C=O) groups is 2. The van der Waals surface area contributed by atoms with Crippen LogP contribution in [0.15, 0.2) is 0 Å². The lowest BCUT2D eigenvalue weighted by Gasteiger charge is -2.24. The largest absolute Gasteiger partial charge is 0.479 e. The van der Waals surface area contributed by atoms with Gasteiger partial charge in [0.15, 0.2) is 0 Å². The molecule has 12 heavy (non-hydrogen) atoms. The highest BCUT2D eigenvalue weighted by Crippen LogP contribution is 2.43. The van der Waals surface area contributed by atoms with E-state index in [1.807, 2.05) is 0 Å². The van der Waals surface area contributed by atoms with Crippen molar-refractivity contribution in [1.82, 2.24) is 0 Å². The first-order chi connectivity index (χ1) is 5.14. The van der Waals surface area contributed by atoms with Crippen LogP contribution in [0.25, 0.3) is 0 Å². The van der Waals surface area contributed by atoms with Gasteiger partial charge in [-0.3, -0.25) is 0 Å². The number of carboxylic acid groups (broad SMARTS) is 2. The van der Waals surface area contributed by atoms with E-state index in [1.165, 1.54) is 0 Å². The van der Waals surface area contributed by atoms with Gasteiger partial charge in [-0.25, -0.2) is 9.59 Å². The molecule has 0 bridgehead atoms. The van der Waals surface area contributed by atoms with Gasteiger partial charge in [-0.1, -0.05) is 46.4 Å². The molecule has 2 N–H and O–H groups in total. The van der Waals surface area contributed by atoms with E-state index in [0.29, 0.717) is 0 Å². The number of rotatable bonds is 3. The van der Waals surface area contributed by atoms with E-state index in [9.17, 15) is 9.59 Å². The van der Waals surface area contributed by atoms with Crippen LogP contribution in [0.1, 0.15) is 0 Å². The minimum absolute atomic E-state index is 1.83. The van der Waals surface area contributed by atoms with E-state index in [2.05, 4.69) is 0 Å². The van der Waals surface area contributed by atoms with Crippen molar-refractivity contribution >= 4 is 58.3 Å². The highest BCUT2D eigenvalue weighted by atomic mass is 35.5. The van der Waals surface area contributed by atoms with Gasteiger partial charge in [0.05, 0.1) is 0 Å². The average molecular weight is 256 g/mol. The first-order valence-electron chi connectivity index (χ1n) is 2.36. The van der Waals surface area contributed by atoms with Crippen molar-refractivity contribution in [3.8, 4) is 0 Å². The molecule has 0 aliphatic rings. The standard InChI is InChI=1S/C4H2Cl4O4/c5-3(6,1(9)10)4(7,8)2(11)12/h(H,9,10)(H,11,12). The van der Waals surface area contributed by atoms with Crippen molar-refractivity contribution in [2.45, 2.75) is 8.67 Å². The SMILES string of the molecule is O=C(O)C(Cl)(Cl)C(Cl)(Cl)C(=O)O. The van der Waals surface area contributed by atoms with E-state index < -0.39 is 20.6 Å². The third-order valence-corrected chi connectivity index (χ3v) is 3.10. The van der Waals surface area contributed by atoms with Crippen molar-refractivity contribution in [3.63, 3.8) is 0 Å². The molecule has 0 aliphatic carbocycles. The quantitative estimate of drug-likeness (QED) is 0.750. The number of carboxylic acids is 2. The molecule has 0 aromatic rings. The molecule has 0 fully saturated rings. The molecular formula is C4H2Cl4O4. The number of hydrogen-bond acceptors (Lipinski definition) is 2. The molecule has 70 valence electrons. The van der Waals surface area contributed by atoms with Crippen LogP contribution >= 0.6 is 46.4 Å². The number of halogens is 4. The average Bonchev–Trinajstić information content (AvgIpc) is 1.86. The third kappa shape index (κ3) is 1.88. The van der Waals surface area contributed by atoms with Crippen LogP contribution in [0, 0.1) is 0 Å². The fourth-order valence-electron chi connectivity index (χ4n) is 0.269. The molecule has 0 amide bonds. The Kier molecular flexibility index (Phi) is 3.49. The summed E-state index contributed by atoms with van der Waals surface area (Å²) >= 11 is 20.3. The lowest BCUT2D eigenvalue weighted by atomic mass is 10.3. The Labute approximate surface area is 87.0 Å². The lowest BCUT2D eigenvalue weighted by molar-refractivity contribution is -0.145. The number of hydrogen-bond donors (Lipinski definition) is 2. The fraction of sp³-hybridized carbons (Fsp3) is 0.500. The van der Waals surface area contributed by atoms with E-state index in [-0.39, 0.29) is 0 Å². The molecule has 0 aliphatic heterocycles. The van der Waals surface area contributed by atoms with Crippen LogP contribution in [0.5, 0.6) is 0 Å². The summed E-state index contributed by atoms with van der Waals surface area (Å²) in [6, 6.07) is 0. The molecule has 0 atom stereocenters. The van der Waals surface area contributed by atoms with E-state index in [0.717, 1.165) is 0 Å². The second kappa shape index (κ2) is 3.46. The smallest absolute Gasteiger partial charge is 0.344 e. The molecular weight excluding hydrogens is 254 g/mol. The molecule has 0 rings (SSSR count). The van der Waals surface area contributed by atoms with Gasteiger partial charge in [0.1, 0.15) is 0 Å². The topological polar surface area (TPSA) is 74.6 Å². The Balaban J connectivity index is 5.01. The van der Waals surface area contributed by atoms with Crippen molar-refractivity contribution in [2.75, 3.05) is 0 Å². The van der Waals surface area contributed by atoms with Crippen LogP contribution in [0.2, 0.25) is 0 Å². The van der Waals surface area contributed by atoms with Gasteiger partial charge >= 0.3 is 11.9 Å². The molecule has 0 heterocycles. The first-order valence-corrected chi connectivity index (χ1v) is 3.87. The van der Waals surface area contributed by atoms with Gasteiger partial charge in [0.2, 0.25) is 0 Å². The van der Waals surface area contributed by atoms with Crippen LogP contribution in [-0.2, 0) is 9.59 Å². The Hall–Kier alpha value is 0.1000. The molecule has 0 spiro atoms. The van der Waals surface area contributed by atoms with Crippen molar-refractivity contribution < 1.29 is 19.8 Å². The second-order valence-electron chi connectivity index (χ2n) is 1.76. The van der Waals surface area contributed by atoms with Crippen LogP contribution in [0.3, 0.4) is 0 Å². The Morgan fingerprint density at radius 2 is 1.00 bits per heavy atom. The molecule has 0 saturated carbocycles. The molecule has 0 unspecified atom stereocenters. The number of aliphatic carboxylic acids is 2. The molecule has 8 heteroatoms. The van der Waals surface area contributed by atoms with E-state index in [4.69, 9.17) is 56.6 Å². The zero-order valence-corrected chi connectivity index (χ0v) is 8.25. The van der Waals surface area contributed by atoms with E-state index in [1.54, 1.807) is 0 Å². The van der Waals surface area contributed by atoms with Gasteiger partial charge in [-0.05, 0) is 0 Å². The lowest BCUT2D eigenvalue weighted by Crippen LogP contribution is -2.48. The second-order valence-corrected chi connectivity index (χ2v) is 4.41. The molecule has 0 radical (unpaired) electrons. The summed E-state index contributed by atoms with van der Waals surface area (Å²) in [5.41, 5.74) is 0. The first kappa shape index (κ1) is 12.1. The van der Waals surface area contributed by atoms with E-state index >= 15 is 0 Å². The normalized spacial score (nSPS) is 12.7. The van der Waals surface area contributed by atoms with Gasteiger partial charge in [-0.2, -0.15) is 0 Å². The summed E-state index contributed by atoms with van der Waals surface area (Å²) in [6.45, 7) is 0. The van der Waals surface area contributed by atoms with Crippen molar-refractivity contribution in [3.05, 3.63) is 0 Å². The zero-order valence-electron chi connectivity index (χ0n) is 5.22. The van der Waals surface area contributed by atoms with Gasteiger partial charge in [-0.15, -0.1) is 0 Å². The molecule has 4 nitrogen and oxygen atoms in total. The maximum atomic E-state index is 10.3. The Morgan fingerprint density at radius 3 is 1.08 bits per heavy atom. The summed E-state index contributed by atoms with van der Waals surface area (Å²) in [5.74, 6) is -3.67. The molecule has 0 aromatic heterocycles. The molecule has 0 saturated heterocycles. The number of alkyl halides is 4. The summed E-state index contributed by atoms with van der Waals surface area (Å²) in [5, 5.41) is 16.7. The maximum Gasteiger partial charge on any atom is 0.344 e. The van der Waals surface area contributed by atoms with Crippen molar-refractivity contribution in [2.24, 2.45) is 0 Å². The summed E-state index contributed by atoms with van der Waals surface area (Å²) in [4.78, 5) is 20.6. The van der Waals surface area contributed by atoms with Crippen LogP contribution in [-0.4, -0.2) is 30.8 Å². The zero-order chi connectivity index (χ0) is 10.2. The summed E-state index contributed by atoms with van der Waals surface area (Å²) < 4.78 is -5.58. The predicted molar refractivity (Wildman–Crippen MR) is 44.1 cm³/mol. The Bertz CT molecular complexity index is 199. The fourth-order valence-corrected chi connectivity index (χ4v) is 0.592. The van der Waals surface area contributed by atoms with Gasteiger partial charge in [0, 0.05) is 0 Å². The van der Waals surface area contributed by atoms with Gasteiger partial charge in [0.25, 0.3) is 8.67 Å². The minimum Gasteiger partial charge on any atom is -0.479 e. The minimum atomic E-state index is -2.79. The maximum absolute atomic E-state index is 10.3.